The molecule has 0 atom stereocenters. The number of nitrogens with one attached hydrogen (secondary N) is 2. The molecule has 1 saturated carbocycles. The molecule has 2 aliphatic heterocycles. The number of carbonyl (C=O) groups excluding carboxylic acids is 1. The van der Waals surface area contributed by atoms with Crippen molar-refractivity contribution in [1.82, 2.24) is 0 Å². The molecule has 0 spiro atoms. The Hall–Kier alpha value is 0.120. The summed E-state index contributed by atoms with van der Waals surface area (Å²) in [5.74, 6) is 1.60. The highest BCUT2D eigenvalue weighted by Crippen LogP contribution is 2.24. The van der Waals surface area contributed by atoms with E-state index in [1.54, 1.807) is 4.90 Å². The van der Waals surface area contributed by atoms with Crippen molar-refractivity contribution < 1.29 is 47.8 Å². The maximum atomic E-state index is 12.3. The van der Waals surface area contributed by atoms with Gasteiger partial charge in [-0.15, -0.1) is 0 Å². The SMILES string of the molecule is O=C(CC[NH+]1CCC([NH+]2CCS(=O)(=O)CC2)CC1)C1CCCCC1.[Cl-].[Cl-]. The molecule has 5 nitrogen and oxygen atoms in total. The normalized spacial score (nSPS) is 30.0. The van der Waals surface area contributed by atoms with Gasteiger partial charge in [0.15, 0.2) is 9.84 Å². The third-order valence-electron chi connectivity index (χ3n) is 6.52. The maximum absolute atomic E-state index is 12.3. The third kappa shape index (κ3) is 6.93. The Morgan fingerprint density at radius 3 is 2.00 bits per heavy atom. The molecule has 0 aromatic carbocycles. The average Bonchev–Trinajstić information content (AvgIpc) is 2.61. The molecule has 3 fully saturated rings. The number of hydrogen-bond donors (Lipinski definition) is 2. The van der Waals surface area contributed by atoms with Crippen LogP contribution in [0.25, 0.3) is 0 Å². The van der Waals surface area contributed by atoms with Crippen LogP contribution in [-0.2, 0) is 14.6 Å². The molecule has 3 aliphatic rings. The van der Waals surface area contributed by atoms with Gasteiger partial charge in [0.25, 0.3) is 0 Å². The number of sulfone groups is 1. The highest BCUT2D eigenvalue weighted by atomic mass is 35.5. The summed E-state index contributed by atoms with van der Waals surface area (Å²) >= 11 is 0. The van der Waals surface area contributed by atoms with E-state index in [-0.39, 0.29) is 24.8 Å². The molecule has 2 saturated heterocycles. The zero-order valence-corrected chi connectivity index (χ0v) is 18.0. The van der Waals surface area contributed by atoms with Crippen LogP contribution >= 0.6 is 0 Å². The quantitative estimate of drug-likeness (QED) is 0.457. The number of rotatable bonds is 5. The van der Waals surface area contributed by atoms with Gasteiger partial charge in [-0.25, -0.2) is 8.42 Å². The minimum atomic E-state index is -2.76. The van der Waals surface area contributed by atoms with E-state index in [0.29, 0.717) is 29.2 Å². The minimum Gasteiger partial charge on any atom is -1.00 e. The standard InChI is InChI=1S/C18H32N2O3S.2ClH/c21-18(16-4-2-1-3-5-16)8-11-19-9-6-17(7-10-19)20-12-14-24(22,23)15-13-20;;/h16-17H,1-15H2;2*1H. The predicted molar refractivity (Wildman–Crippen MR) is 94.1 cm³/mol. The summed E-state index contributed by atoms with van der Waals surface area (Å²) in [5, 5.41) is 0. The Labute approximate surface area is 171 Å². The molecule has 2 N–H and O–H groups in total. The lowest BCUT2D eigenvalue weighted by atomic mass is 9.85. The Balaban J connectivity index is 0.00000169. The number of ketones is 1. The lowest BCUT2D eigenvalue weighted by molar-refractivity contribution is -0.955. The van der Waals surface area contributed by atoms with Gasteiger partial charge in [-0.05, 0) is 12.8 Å². The molecule has 8 heteroatoms. The second-order valence-corrected chi connectivity index (χ2v) is 10.4. The Morgan fingerprint density at radius 2 is 1.42 bits per heavy atom. The summed E-state index contributed by atoms with van der Waals surface area (Å²) in [6.45, 7) is 4.90. The molecule has 1 aliphatic carbocycles. The number of piperidine rings is 1. The van der Waals surface area contributed by atoms with Crippen molar-refractivity contribution >= 4 is 15.6 Å². The molecule has 0 radical (unpaired) electrons. The molecular weight excluding hydrogens is 395 g/mol. The van der Waals surface area contributed by atoms with E-state index in [2.05, 4.69) is 0 Å². The first-order chi connectivity index (χ1) is 11.5. The topological polar surface area (TPSA) is 60.1 Å². The molecule has 3 rings (SSSR count). The number of Topliss-reactive ketones (excluding diaryl/α,β-unsaturated/α-hetero) is 1. The summed E-state index contributed by atoms with van der Waals surface area (Å²) < 4.78 is 23.1. The predicted octanol–water partition coefficient (Wildman–Crippen LogP) is -7.11. The lowest BCUT2D eigenvalue weighted by Gasteiger charge is -2.36. The molecule has 2 heterocycles. The van der Waals surface area contributed by atoms with Crippen molar-refractivity contribution in [3.63, 3.8) is 0 Å². The first-order valence-electron chi connectivity index (χ1n) is 9.95. The van der Waals surface area contributed by atoms with Crippen molar-refractivity contribution in [2.75, 3.05) is 44.2 Å². The van der Waals surface area contributed by atoms with Crippen LogP contribution in [0.1, 0.15) is 51.4 Å². The summed E-state index contributed by atoms with van der Waals surface area (Å²) in [7, 11) is -2.76. The second-order valence-electron chi connectivity index (χ2n) is 8.14. The second kappa shape index (κ2) is 11.2. The van der Waals surface area contributed by atoms with Gasteiger partial charge < -0.3 is 34.6 Å². The zero-order valence-electron chi connectivity index (χ0n) is 15.7. The molecule has 0 aromatic heterocycles. The number of likely N-dealkylation sites (tertiary alicyclic amines) is 1. The highest BCUT2D eigenvalue weighted by molar-refractivity contribution is 7.91. The maximum Gasteiger partial charge on any atom is 0.161 e. The lowest BCUT2D eigenvalue weighted by Crippen LogP contribution is -3.21. The van der Waals surface area contributed by atoms with Crippen molar-refractivity contribution in [3.05, 3.63) is 0 Å². The molecule has 0 amide bonds. The molecule has 0 unspecified atom stereocenters. The van der Waals surface area contributed by atoms with Crippen molar-refractivity contribution in [2.24, 2.45) is 5.92 Å². The van der Waals surface area contributed by atoms with Crippen LogP contribution in [0.4, 0.5) is 0 Å². The molecule has 0 aromatic rings. The molecule has 154 valence electrons. The average molecular weight is 429 g/mol. The van der Waals surface area contributed by atoms with E-state index in [1.807, 2.05) is 0 Å². The Morgan fingerprint density at radius 1 is 0.846 bits per heavy atom. The summed E-state index contributed by atoms with van der Waals surface area (Å²) in [5.41, 5.74) is 0. The van der Waals surface area contributed by atoms with Gasteiger partial charge >= 0.3 is 0 Å². The van der Waals surface area contributed by atoms with Crippen molar-refractivity contribution in [1.29, 1.82) is 0 Å². The van der Waals surface area contributed by atoms with E-state index >= 15 is 0 Å². The van der Waals surface area contributed by atoms with E-state index in [9.17, 15) is 13.2 Å². The zero-order chi connectivity index (χ0) is 17.0. The monoisotopic (exact) mass is 428 g/mol. The highest BCUT2D eigenvalue weighted by Gasteiger charge is 2.34. The van der Waals surface area contributed by atoms with Crippen LogP contribution in [0.5, 0.6) is 0 Å². The molecular formula is C18H34Cl2N2O3S. The fraction of sp³-hybridized carbons (Fsp3) is 0.944. The Kier molecular flexibility index (Phi) is 10.4. The van der Waals surface area contributed by atoms with Crippen LogP contribution < -0.4 is 34.6 Å². The van der Waals surface area contributed by atoms with Gasteiger partial charge in [-0.3, -0.25) is 4.79 Å². The van der Waals surface area contributed by atoms with Gasteiger partial charge in [0.2, 0.25) is 0 Å². The summed E-state index contributed by atoms with van der Waals surface area (Å²) in [6, 6.07) is 0.637. The van der Waals surface area contributed by atoms with Gasteiger partial charge in [0.1, 0.15) is 5.78 Å². The molecule has 0 bridgehead atoms. The summed E-state index contributed by atoms with van der Waals surface area (Å²) in [4.78, 5) is 15.4. The van der Waals surface area contributed by atoms with E-state index in [0.717, 1.165) is 52.0 Å². The van der Waals surface area contributed by atoms with Crippen LogP contribution in [-0.4, -0.2) is 64.5 Å². The van der Waals surface area contributed by atoms with Crippen molar-refractivity contribution in [2.45, 2.75) is 57.4 Å². The first-order valence-corrected chi connectivity index (χ1v) is 11.8. The van der Waals surface area contributed by atoms with Gasteiger partial charge in [-0.2, -0.15) is 0 Å². The third-order valence-corrected chi connectivity index (χ3v) is 8.18. The van der Waals surface area contributed by atoms with Gasteiger partial charge in [0.05, 0.1) is 56.7 Å². The van der Waals surface area contributed by atoms with Crippen molar-refractivity contribution in [3.8, 4) is 0 Å². The van der Waals surface area contributed by atoms with Crippen LogP contribution in [0.3, 0.4) is 0 Å². The fourth-order valence-electron chi connectivity index (χ4n) is 4.82. The van der Waals surface area contributed by atoms with Gasteiger partial charge in [0, 0.05) is 18.8 Å². The number of carbonyl (C=O) groups is 1. The largest absolute Gasteiger partial charge is 1.00 e. The number of quaternary nitrogens is 2. The fourth-order valence-corrected chi connectivity index (χ4v) is 6.17. The molecule has 26 heavy (non-hydrogen) atoms. The van der Waals surface area contributed by atoms with E-state index in [4.69, 9.17) is 0 Å². The van der Waals surface area contributed by atoms with Crippen LogP contribution in [0.2, 0.25) is 0 Å². The number of halogens is 2. The smallest absolute Gasteiger partial charge is 0.161 e. The minimum absolute atomic E-state index is 0. The van der Waals surface area contributed by atoms with Crippen LogP contribution in [0, 0.1) is 5.92 Å². The number of hydrogen-bond acceptors (Lipinski definition) is 3. The summed E-state index contributed by atoms with van der Waals surface area (Å²) in [6.07, 6.45) is 9.16. The van der Waals surface area contributed by atoms with Crippen LogP contribution in [0.15, 0.2) is 0 Å². The van der Waals surface area contributed by atoms with Gasteiger partial charge in [-0.1, -0.05) is 19.3 Å². The van der Waals surface area contributed by atoms with E-state index in [1.165, 1.54) is 37.0 Å². The first kappa shape index (κ1) is 24.2. The van der Waals surface area contributed by atoms with E-state index < -0.39 is 9.84 Å². The Bertz CT molecular complexity index is 517.